The monoisotopic (exact) mass is 254 g/mol. The van der Waals surface area contributed by atoms with Gasteiger partial charge in [-0.25, -0.2) is 4.79 Å². The van der Waals surface area contributed by atoms with Crippen LogP contribution >= 0.6 is 11.6 Å². The average Bonchev–Trinajstić information content (AvgIpc) is 2.32. The van der Waals surface area contributed by atoms with Crippen molar-refractivity contribution in [1.29, 1.82) is 0 Å². The Morgan fingerprint density at radius 1 is 1.47 bits per heavy atom. The molecule has 6 heteroatoms. The summed E-state index contributed by atoms with van der Waals surface area (Å²) in [5, 5.41) is 16.7. The molecular formula is C11H11ClN2O3. The molecule has 1 N–H and O–H groups in total. The SMILES string of the molecule is CCOC(=O)/C(=C/O)N=Nc1ccc(Cl)cc1. The first-order chi connectivity index (χ1) is 8.17. The maximum atomic E-state index is 11.2. The van der Waals surface area contributed by atoms with Gasteiger partial charge >= 0.3 is 5.97 Å². The van der Waals surface area contributed by atoms with Gasteiger partial charge in [-0.2, -0.15) is 5.11 Å². The van der Waals surface area contributed by atoms with E-state index >= 15 is 0 Å². The van der Waals surface area contributed by atoms with Crippen molar-refractivity contribution in [1.82, 2.24) is 0 Å². The number of ether oxygens (including phenoxy) is 1. The van der Waals surface area contributed by atoms with Crippen LogP contribution in [0, 0.1) is 0 Å². The van der Waals surface area contributed by atoms with E-state index in [1.54, 1.807) is 31.2 Å². The van der Waals surface area contributed by atoms with Gasteiger partial charge in [0.25, 0.3) is 0 Å². The molecule has 5 nitrogen and oxygen atoms in total. The molecule has 0 aromatic heterocycles. The fraction of sp³-hybridized carbons (Fsp3) is 0.182. The summed E-state index contributed by atoms with van der Waals surface area (Å²) in [7, 11) is 0. The number of aliphatic hydroxyl groups is 1. The van der Waals surface area contributed by atoms with Crippen LogP contribution in [0.4, 0.5) is 5.69 Å². The van der Waals surface area contributed by atoms with Crippen LogP contribution in [0.1, 0.15) is 6.92 Å². The summed E-state index contributed by atoms with van der Waals surface area (Å²) >= 11 is 5.70. The number of hydrogen-bond donors (Lipinski definition) is 1. The van der Waals surface area contributed by atoms with Gasteiger partial charge in [0.2, 0.25) is 5.70 Å². The number of halogens is 1. The Balaban J connectivity index is 2.75. The molecule has 0 bridgehead atoms. The van der Waals surface area contributed by atoms with E-state index in [2.05, 4.69) is 15.0 Å². The highest BCUT2D eigenvalue weighted by atomic mass is 35.5. The molecule has 0 saturated heterocycles. The normalized spacial score (nSPS) is 11.8. The summed E-state index contributed by atoms with van der Waals surface area (Å²) in [4.78, 5) is 11.2. The molecule has 0 aliphatic heterocycles. The molecule has 1 aromatic carbocycles. The molecule has 0 fully saturated rings. The van der Waals surface area contributed by atoms with Gasteiger partial charge in [-0.3, -0.25) is 0 Å². The quantitative estimate of drug-likeness (QED) is 0.387. The number of hydrogen-bond acceptors (Lipinski definition) is 5. The highest BCUT2D eigenvalue weighted by Crippen LogP contribution is 2.17. The van der Waals surface area contributed by atoms with Gasteiger partial charge in [-0.1, -0.05) is 11.6 Å². The van der Waals surface area contributed by atoms with Gasteiger partial charge < -0.3 is 9.84 Å². The van der Waals surface area contributed by atoms with Crippen LogP contribution in [0.5, 0.6) is 0 Å². The molecule has 0 radical (unpaired) electrons. The molecule has 17 heavy (non-hydrogen) atoms. The first kappa shape index (κ1) is 13.2. The molecule has 0 amide bonds. The Morgan fingerprint density at radius 2 is 2.12 bits per heavy atom. The van der Waals surface area contributed by atoms with Gasteiger partial charge in [-0.05, 0) is 31.2 Å². The maximum absolute atomic E-state index is 11.2. The van der Waals surface area contributed by atoms with E-state index in [-0.39, 0.29) is 12.3 Å². The molecule has 0 aliphatic rings. The minimum atomic E-state index is -0.729. The molecular weight excluding hydrogens is 244 g/mol. The highest BCUT2D eigenvalue weighted by Gasteiger charge is 2.09. The van der Waals surface area contributed by atoms with Crippen LogP contribution in [0.15, 0.2) is 46.5 Å². The van der Waals surface area contributed by atoms with Crippen LogP contribution in [0.25, 0.3) is 0 Å². The highest BCUT2D eigenvalue weighted by molar-refractivity contribution is 6.30. The number of rotatable bonds is 4. The zero-order valence-electron chi connectivity index (χ0n) is 9.13. The van der Waals surface area contributed by atoms with Crippen molar-refractivity contribution < 1.29 is 14.6 Å². The molecule has 0 spiro atoms. The summed E-state index contributed by atoms with van der Waals surface area (Å²) in [6.45, 7) is 1.86. The Hall–Kier alpha value is -1.88. The number of aliphatic hydroxyl groups excluding tert-OH is 1. The van der Waals surface area contributed by atoms with E-state index in [0.717, 1.165) is 0 Å². The van der Waals surface area contributed by atoms with Crippen LogP contribution in [-0.4, -0.2) is 17.7 Å². The van der Waals surface area contributed by atoms with Crippen molar-refractivity contribution in [3.63, 3.8) is 0 Å². The molecule has 0 atom stereocenters. The van der Waals surface area contributed by atoms with Gasteiger partial charge in [0.05, 0.1) is 12.3 Å². The smallest absolute Gasteiger partial charge is 0.362 e. The Kier molecular flexibility index (Phi) is 5.16. The minimum absolute atomic E-state index is 0.201. The predicted molar refractivity (Wildman–Crippen MR) is 63.3 cm³/mol. The summed E-state index contributed by atoms with van der Waals surface area (Å²) in [6, 6.07) is 6.54. The molecule has 0 unspecified atom stereocenters. The minimum Gasteiger partial charge on any atom is -0.513 e. The summed E-state index contributed by atoms with van der Waals surface area (Å²) in [5.74, 6) is -0.729. The predicted octanol–water partition coefficient (Wildman–Crippen LogP) is 3.39. The topological polar surface area (TPSA) is 71.2 Å². The summed E-state index contributed by atoms with van der Waals surface area (Å²) < 4.78 is 4.66. The van der Waals surface area contributed by atoms with Gasteiger partial charge in [0.15, 0.2) is 0 Å². The first-order valence-corrected chi connectivity index (χ1v) is 5.24. The van der Waals surface area contributed by atoms with E-state index in [9.17, 15) is 4.79 Å². The lowest BCUT2D eigenvalue weighted by Gasteiger charge is -1.99. The third-order valence-electron chi connectivity index (χ3n) is 1.71. The fourth-order valence-corrected chi connectivity index (χ4v) is 1.07. The number of carbonyl (C=O) groups is 1. The number of benzene rings is 1. The number of azo groups is 1. The lowest BCUT2D eigenvalue weighted by Crippen LogP contribution is -2.05. The standard InChI is InChI=1S/C11H11ClN2O3/c1-2-17-11(16)10(7-15)14-13-9-5-3-8(12)4-6-9/h3-7,15H,2H2,1H3/b10-7-,14-13?. The van der Waals surface area contributed by atoms with Crippen molar-refractivity contribution in [2.24, 2.45) is 10.2 Å². The third-order valence-corrected chi connectivity index (χ3v) is 1.96. The second-order valence-corrected chi connectivity index (χ2v) is 3.35. The van der Waals surface area contributed by atoms with Gasteiger partial charge in [0, 0.05) is 5.02 Å². The van der Waals surface area contributed by atoms with Crippen LogP contribution in [0.3, 0.4) is 0 Å². The van der Waals surface area contributed by atoms with Crippen molar-refractivity contribution in [2.75, 3.05) is 6.61 Å². The van der Waals surface area contributed by atoms with Crippen LogP contribution < -0.4 is 0 Å². The lowest BCUT2D eigenvalue weighted by molar-refractivity contribution is -0.138. The number of nitrogens with zero attached hydrogens (tertiary/aromatic N) is 2. The molecule has 0 heterocycles. The van der Waals surface area contributed by atoms with Crippen LogP contribution in [0.2, 0.25) is 5.02 Å². The van der Waals surface area contributed by atoms with E-state index < -0.39 is 5.97 Å². The Bertz CT molecular complexity index is 441. The molecule has 1 rings (SSSR count). The van der Waals surface area contributed by atoms with Crippen molar-refractivity contribution >= 4 is 23.3 Å². The Morgan fingerprint density at radius 3 is 2.65 bits per heavy atom. The molecule has 90 valence electrons. The fourth-order valence-electron chi connectivity index (χ4n) is 0.944. The molecule has 0 saturated carbocycles. The van der Waals surface area contributed by atoms with Crippen molar-refractivity contribution in [3.8, 4) is 0 Å². The largest absolute Gasteiger partial charge is 0.513 e. The maximum Gasteiger partial charge on any atom is 0.362 e. The average molecular weight is 255 g/mol. The zero-order valence-corrected chi connectivity index (χ0v) is 9.89. The number of esters is 1. The lowest BCUT2D eigenvalue weighted by atomic mass is 10.3. The van der Waals surface area contributed by atoms with E-state index in [4.69, 9.17) is 16.7 Å². The number of carbonyl (C=O) groups excluding carboxylic acids is 1. The summed E-state index contributed by atoms with van der Waals surface area (Å²) in [6.07, 6.45) is 0.553. The Labute approximate surface area is 103 Å². The zero-order chi connectivity index (χ0) is 12.7. The van der Waals surface area contributed by atoms with E-state index in [1.807, 2.05) is 0 Å². The van der Waals surface area contributed by atoms with Crippen LogP contribution in [-0.2, 0) is 9.53 Å². The van der Waals surface area contributed by atoms with Crippen molar-refractivity contribution in [2.45, 2.75) is 6.92 Å². The van der Waals surface area contributed by atoms with Gasteiger partial charge in [0.1, 0.15) is 6.26 Å². The summed E-state index contributed by atoms with van der Waals surface area (Å²) in [5.41, 5.74) is 0.250. The van der Waals surface area contributed by atoms with Crippen molar-refractivity contribution in [3.05, 3.63) is 41.2 Å². The van der Waals surface area contributed by atoms with E-state index in [1.165, 1.54) is 0 Å². The molecule has 1 aromatic rings. The second kappa shape index (κ2) is 6.65. The van der Waals surface area contributed by atoms with E-state index in [0.29, 0.717) is 17.0 Å². The molecule has 0 aliphatic carbocycles. The van der Waals surface area contributed by atoms with Gasteiger partial charge in [-0.15, -0.1) is 5.11 Å². The third kappa shape index (κ3) is 4.24. The second-order valence-electron chi connectivity index (χ2n) is 2.91. The first-order valence-electron chi connectivity index (χ1n) is 4.86.